The Morgan fingerprint density at radius 2 is 2.09 bits per heavy atom. The second kappa shape index (κ2) is 5.64. The number of ether oxygens (including phenoxy) is 1. The Labute approximate surface area is 133 Å². The zero-order valence-electron chi connectivity index (χ0n) is 13.9. The molecule has 0 saturated carbocycles. The topological polar surface area (TPSA) is 79.9 Å². The number of hydrogen-bond donors (Lipinski definition) is 2. The first-order valence-corrected chi connectivity index (χ1v) is 11.7. The maximum absolute atomic E-state index is 12.6. The SMILES string of the molecule is COC1CC2=CC(S(=O)(=O)N[Si](C)(C)C(C)(C)C)=CON2N1. The van der Waals surface area contributed by atoms with E-state index >= 15 is 0 Å². The molecule has 0 aromatic rings. The molecular formula is C13H25N3O4SSi. The molecule has 0 aromatic carbocycles. The van der Waals surface area contributed by atoms with Gasteiger partial charge in [0.1, 0.15) is 25.6 Å². The van der Waals surface area contributed by atoms with Crippen molar-refractivity contribution in [2.24, 2.45) is 0 Å². The molecule has 126 valence electrons. The molecule has 1 unspecified atom stereocenters. The average Bonchev–Trinajstić information content (AvgIpc) is 2.77. The van der Waals surface area contributed by atoms with Gasteiger partial charge in [0.15, 0.2) is 0 Å². The van der Waals surface area contributed by atoms with Crippen molar-refractivity contribution in [2.75, 3.05) is 7.11 Å². The second-order valence-corrected chi connectivity index (χ2v) is 14.1. The Hall–Kier alpha value is -0.873. The van der Waals surface area contributed by atoms with Gasteiger partial charge >= 0.3 is 0 Å². The summed E-state index contributed by atoms with van der Waals surface area (Å²) in [5, 5.41) is 1.34. The van der Waals surface area contributed by atoms with E-state index in [1.807, 2.05) is 13.1 Å². The summed E-state index contributed by atoms with van der Waals surface area (Å²) in [7, 11) is -4.22. The van der Waals surface area contributed by atoms with Gasteiger partial charge in [0.2, 0.25) is 10.0 Å². The van der Waals surface area contributed by atoms with E-state index in [9.17, 15) is 8.42 Å². The fourth-order valence-electron chi connectivity index (χ4n) is 1.88. The molecule has 2 aliphatic heterocycles. The van der Waals surface area contributed by atoms with Gasteiger partial charge in [-0.25, -0.2) is 12.8 Å². The van der Waals surface area contributed by atoms with Crippen molar-refractivity contribution in [1.82, 2.24) is 15.0 Å². The van der Waals surface area contributed by atoms with Crippen LogP contribution in [-0.2, 0) is 19.6 Å². The van der Waals surface area contributed by atoms with Gasteiger partial charge in [-0.3, -0.25) is 0 Å². The highest BCUT2D eigenvalue weighted by Gasteiger charge is 2.41. The van der Waals surface area contributed by atoms with Crippen LogP contribution >= 0.6 is 0 Å². The third kappa shape index (κ3) is 3.38. The van der Waals surface area contributed by atoms with E-state index in [-0.39, 0.29) is 16.2 Å². The molecule has 1 fully saturated rings. The van der Waals surface area contributed by atoms with Gasteiger partial charge in [0.05, 0.1) is 5.70 Å². The number of hydroxylamine groups is 1. The van der Waals surface area contributed by atoms with E-state index in [4.69, 9.17) is 9.57 Å². The molecule has 2 heterocycles. The molecule has 0 amide bonds. The Morgan fingerprint density at radius 3 is 2.64 bits per heavy atom. The molecule has 22 heavy (non-hydrogen) atoms. The zero-order valence-corrected chi connectivity index (χ0v) is 15.7. The van der Waals surface area contributed by atoms with Gasteiger partial charge in [-0.2, -0.15) is 5.43 Å². The van der Waals surface area contributed by atoms with E-state index in [1.165, 1.54) is 11.4 Å². The third-order valence-corrected chi connectivity index (χ3v) is 12.1. The summed E-state index contributed by atoms with van der Waals surface area (Å²) in [6, 6.07) is 0. The van der Waals surface area contributed by atoms with Crippen molar-refractivity contribution >= 4 is 18.3 Å². The van der Waals surface area contributed by atoms with Crippen molar-refractivity contribution in [1.29, 1.82) is 0 Å². The monoisotopic (exact) mass is 347 g/mol. The molecule has 0 bridgehead atoms. The van der Waals surface area contributed by atoms with Crippen molar-refractivity contribution in [3.05, 3.63) is 22.9 Å². The molecule has 2 N–H and O–H groups in total. The van der Waals surface area contributed by atoms with Crippen molar-refractivity contribution in [3.63, 3.8) is 0 Å². The number of rotatable bonds is 4. The normalized spacial score (nSPS) is 22.8. The van der Waals surface area contributed by atoms with Crippen molar-refractivity contribution < 1.29 is 18.0 Å². The summed E-state index contributed by atoms with van der Waals surface area (Å²) < 4.78 is 33.4. The largest absolute Gasteiger partial charge is 0.371 e. The minimum absolute atomic E-state index is 0.0919. The van der Waals surface area contributed by atoms with Gasteiger partial charge in [-0.15, -0.1) is 5.17 Å². The van der Waals surface area contributed by atoms with Gasteiger partial charge in [0, 0.05) is 13.5 Å². The van der Waals surface area contributed by atoms with Crippen LogP contribution in [0.5, 0.6) is 0 Å². The predicted molar refractivity (Wildman–Crippen MR) is 86.9 cm³/mol. The summed E-state index contributed by atoms with van der Waals surface area (Å²) >= 11 is 0. The van der Waals surface area contributed by atoms with E-state index in [1.54, 1.807) is 13.2 Å². The number of methoxy groups -OCH3 is 1. The van der Waals surface area contributed by atoms with Crippen LogP contribution < -0.4 is 9.81 Å². The highest BCUT2D eigenvalue weighted by atomic mass is 32.2. The number of allylic oxidation sites excluding steroid dienone is 1. The van der Waals surface area contributed by atoms with Crippen molar-refractivity contribution in [2.45, 2.75) is 51.6 Å². The first-order valence-electron chi connectivity index (χ1n) is 7.17. The van der Waals surface area contributed by atoms with Crippen LogP contribution in [0.2, 0.25) is 18.1 Å². The molecule has 2 rings (SSSR count). The number of sulfonamides is 1. The second-order valence-electron chi connectivity index (χ2n) is 7.09. The highest BCUT2D eigenvalue weighted by Crippen LogP contribution is 2.35. The van der Waals surface area contributed by atoms with Crippen LogP contribution in [0.15, 0.2) is 22.9 Å². The van der Waals surface area contributed by atoms with E-state index in [0.29, 0.717) is 6.42 Å². The highest BCUT2D eigenvalue weighted by molar-refractivity contribution is 7.95. The Kier molecular flexibility index (Phi) is 4.48. The van der Waals surface area contributed by atoms with E-state index in [2.05, 4.69) is 30.6 Å². The Morgan fingerprint density at radius 1 is 1.45 bits per heavy atom. The summed E-state index contributed by atoms with van der Waals surface area (Å²) in [6.07, 6.45) is 3.19. The maximum atomic E-state index is 12.6. The molecule has 9 heteroatoms. The fourth-order valence-corrected chi connectivity index (χ4v) is 6.72. The lowest BCUT2D eigenvalue weighted by atomic mass is 10.2. The number of fused-ring (bicyclic) bond motifs is 1. The Balaban J connectivity index is 2.20. The molecule has 2 aliphatic rings. The third-order valence-electron chi connectivity index (χ3n) is 4.36. The molecule has 1 saturated heterocycles. The van der Waals surface area contributed by atoms with Gasteiger partial charge in [-0.05, 0) is 11.1 Å². The minimum Gasteiger partial charge on any atom is -0.371 e. The average molecular weight is 348 g/mol. The van der Waals surface area contributed by atoms with Gasteiger partial charge < -0.3 is 9.57 Å². The summed E-state index contributed by atoms with van der Waals surface area (Å²) in [5.74, 6) is 0. The molecule has 0 aromatic heterocycles. The Bertz CT molecular complexity index is 607. The number of hydrazine groups is 1. The lowest BCUT2D eigenvalue weighted by Gasteiger charge is -2.37. The quantitative estimate of drug-likeness (QED) is 0.755. The molecule has 7 nitrogen and oxygen atoms in total. The lowest BCUT2D eigenvalue weighted by Crippen LogP contribution is -2.54. The van der Waals surface area contributed by atoms with Gasteiger partial charge in [0.25, 0.3) is 0 Å². The smallest absolute Gasteiger partial charge is 0.237 e. The summed E-state index contributed by atoms with van der Waals surface area (Å²) in [4.78, 5) is 5.48. The maximum Gasteiger partial charge on any atom is 0.237 e. The minimum atomic E-state index is -3.61. The van der Waals surface area contributed by atoms with Gasteiger partial charge in [-0.1, -0.05) is 33.9 Å². The lowest BCUT2D eigenvalue weighted by molar-refractivity contribution is -0.124. The number of nitrogens with one attached hydrogen (secondary N) is 2. The number of hydrogen-bond acceptors (Lipinski definition) is 6. The van der Waals surface area contributed by atoms with E-state index < -0.39 is 18.3 Å². The predicted octanol–water partition coefficient (Wildman–Crippen LogP) is 1.76. The number of nitrogens with zero attached hydrogens (tertiary/aromatic N) is 1. The first kappa shape index (κ1) is 17.5. The zero-order chi connectivity index (χ0) is 16.8. The summed E-state index contributed by atoms with van der Waals surface area (Å²) in [6.45, 7) is 10.2. The first-order chi connectivity index (χ1) is 9.96. The van der Waals surface area contributed by atoms with Crippen LogP contribution in [-0.4, -0.2) is 35.2 Å². The molecule has 0 aliphatic carbocycles. The van der Waals surface area contributed by atoms with E-state index in [0.717, 1.165) is 5.70 Å². The summed E-state index contributed by atoms with van der Waals surface area (Å²) in [5.41, 5.74) is 3.68. The molecule has 0 radical (unpaired) electrons. The van der Waals surface area contributed by atoms with Crippen LogP contribution in [0, 0.1) is 0 Å². The fraction of sp³-hybridized carbons (Fsp3) is 0.692. The van der Waals surface area contributed by atoms with Crippen LogP contribution in [0.1, 0.15) is 27.2 Å². The molecular weight excluding hydrogens is 322 g/mol. The standard InChI is InChI=1S/C13H25N3O4SSi/c1-13(2,3)22(5,6)15-21(17,18)11-7-10-8-12(19-4)14-16(10)20-9-11/h7,9,12,14-15H,8H2,1-6H3. The van der Waals surface area contributed by atoms with Crippen LogP contribution in [0.25, 0.3) is 0 Å². The van der Waals surface area contributed by atoms with Crippen molar-refractivity contribution in [3.8, 4) is 0 Å². The van der Waals surface area contributed by atoms with Crippen LogP contribution in [0.4, 0.5) is 0 Å². The van der Waals surface area contributed by atoms with Crippen LogP contribution in [0.3, 0.4) is 0 Å². The molecule has 1 atom stereocenters. The molecule has 0 spiro atoms.